The Morgan fingerprint density at radius 1 is 1.48 bits per heavy atom. The van der Waals surface area contributed by atoms with Crippen molar-refractivity contribution in [3.8, 4) is 0 Å². The number of carboxylic acid groups (broad SMARTS) is 1. The fourth-order valence-electron chi connectivity index (χ4n) is 1.53. The van der Waals surface area contributed by atoms with Gasteiger partial charge < -0.3 is 21.5 Å². The van der Waals surface area contributed by atoms with Crippen LogP contribution in [0.2, 0.25) is 0 Å². The number of urea groups is 1. The molecule has 0 saturated heterocycles. The van der Waals surface area contributed by atoms with Gasteiger partial charge in [-0.15, -0.1) is 0 Å². The highest BCUT2D eigenvalue weighted by Crippen LogP contribution is 2.10. The predicted octanol–water partition coefficient (Wildman–Crippen LogP) is 0.508. The van der Waals surface area contributed by atoms with Gasteiger partial charge in [-0.1, -0.05) is 0 Å². The highest BCUT2D eigenvalue weighted by Gasteiger charge is 2.19. The highest BCUT2D eigenvalue weighted by molar-refractivity contribution is 7.98. The zero-order chi connectivity index (χ0) is 15.8. The Bertz CT molecular complexity index is 538. The minimum Gasteiger partial charge on any atom is -0.477 e. The number of primary amides is 1. The number of nitrogens with two attached hydrogens (primary N) is 1. The molecule has 3 amide bonds. The minimum absolute atomic E-state index is 0.184. The number of aromatic carboxylic acids is 1. The molecule has 5 N–H and O–H groups in total. The molecule has 0 bridgehead atoms. The molecule has 0 fully saturated rings. The summed E-state index contributed by atoms with van der Waals surface area (Å²) < 4.78 is 0. The SMILES string of the molecule is CSCCC(NC(N)=O)C(=O)Nc1ccnc(C(=O)O)c1. The van der Waals surface area contributed by atoms with Crippen molar-refractivity contribution in [2.45, 2.75) is 12.5 Å². The number of hydrogen-bond acceptors (Lipinski definition) is 5. The molecule has 0 saturated carbocycles. The van der Waals surface area contributed by atoms with Crippen molar-refractivity contribution in [1.29, 1.82) is 0 Å². The van der Waals surface area contributed by atoms with Gasteiger partial charge in [0.2, 0.25) is 5.91 Å². The third-order valence-electron chi connectivity index (χ3n) is 2.49. The minimum atomic E-state index is -1.19. The second-order valence-electron chi connectivity index (χ2n) is 4.07. The molecule has 1 aromatic rings. The molecule has 1 atom stereocenters. The van der Waals surface area contributed by atoms with Crippen molar-refractivity contribution in [3.05, 3.63) is 24.0 Å². The molecule has 1 rings (SSSR count). The van der Waals surface area contributed by atoms with Crippen molar-refractivity contribution >= 4 is 35.4 Å². The number of carbonyl (C=O) groups excluding carboxylic acids is 2. The predicted molar refractivity (Wildman–Crippen MR) is 79.3 cm³/mol. The molecule has 0 aromatic carbocycles. The number of carboxylic acids is 1. The Hall–Kier alpha value is -2.29. The van der Waals surface area contributed by atoms with E-state index in [1.165, 1.54) is 30.1 Å². The van der Waals surface area contributed by atoms with Crippen LogP contribution < -0.4 is 16.4 Å². The highest BCUT2D eigenvalue weighted by atomic mass is 32.2. The van der Waals surface area contributed by atoms with Gasteiger partial charge in [-0.05, 0) is 30.6 Å². The molecule has 1 unspecified atom stereocenters. The normalized spacial score (nSPS) is 11.5. The fourth-order valence-corrected chi connectivity index (χ4v) is 2.00. The Morgan fingerprint density at radius 2 is 2.19 bits per heavy atom. The number of thioether (sulfide) groups is 1. The lowest BCUT2D eigenvalue weighted by molar-refractivity contribution is -0.117. The number of carbonyl (C=O) groups is 3. The Kier molecular flexibility index (Phi) is 6.47. The number of amides is 3. The quantitative estimate of drug-likeness (QED) is 0.579. The van der Waals surface area contributed by atoms with Crippen LogP contribution in [0.3, 0.4) is 0 Å². The molecule has 0 aliphatic heterocycles. The molecule has 0 aliphatic carbocycles. The first kappa shape index (κ1) is 16.8. The summed E-state index contributed by atoms with van der Waals surface area (Å²) in [4.78, 5) is 37.4. The molecular weight excluding hydrogens is 296 g/mol. The van der Waals surface area contributed by atoms with E-state index in [4.69, 9.17) is 10.8 Å². The lowest BCUT2D eigenvalue weighted by Crippen LogP contribution is -2.46. The Labute approximate surface area is 125 Å². The van der Waals surface area contributed by atoms with Gasteiger partial charge in [-0.2, -0.15) is 11.8 Å². The number of anilines is 1. The van der Waals surface area contributed by atoms with Crippen molar-refractivity contribution in [2.75, 3.05) is 17.3 Å². The van der Waals surface area contributed by atoms with Gasteiger partial charge in [-0.3, -0.25) is 4.79 Å². The first-order valence-corrected chi connectivity index (χ1v) is 7.38. The first-order chi connectivity index (χ1) is 9.93. The summed E-state index contributed by atoms with van der Waals surface area (Å²) >= 11 is 1.53. The number of aromatic nitrogens is 1. The molecular formula is C12H16N4O4S. The van der Waals surface area contributed by atoms with Gasteiger partial charge in [0.1, 0.15) is 11.7 Å². The molecule has 0 aliphatic rings. The average Bonchev–Trinajstić information content (AvgIpc) is 2.43. The number of nitrogens with one attached hydrogen (secondary N) is 2. The van der Waals surface area contributed by atoms with Gasteiger partial charge >= 0.3 is 12.0 Å². The second kappa shape index (κ2) is 8.10. The fraction of sp³-hybridized carbons (Fsp3) is 0.333. The standard InChI is InChI=1S/C12H16N4O4S/c1-21-5-3-8(16-12(13)20)10(17)15-7-2-4-14-9(6-7)11(18)19/h2,4,6,8H,3,5H2,1H3,(H,18,19)(H3,13,16,20)(H,14,15,17). The van der Waals surface area contributed by atoms with Gasteiger partial charge in [-0.25, -0.2) is 14.6 Å². The van der Waals surface area contributed by atoms with E-state index in [-0.39, 0.29) is 11.4 Å². The van der Waals surface area contributed by atoms with E-state index in [9.17, 15) is 14.4 Å². The number of rotatable bonds is 7. The lowest BCUT2D eigenvalue weighted by Gasteiger charge is -2.16. The van der Waals surface area contributed by atoms with Gasteiger partial charge in [0, 0.05) is 11.9 Å². The van der Waals surface area contributed by atoms with Crippen LogP contribution in [-0.2, 0) is 4.79 Å². The van der Waals surface area contributed by atoms with Crippen molar-refractivity contribution in [2.24, 2.45) is 5.73 Å². The number of nitrogens with zero attached hydrogens (tertiary/aromatic N) is 1. The van der Waals surface area contributed by atoms with E-state index in [0.717, 1.165) is 0 Å². The largest absolute Gasteiger partial charge is 0.477 e. The monoisotopic (exact) mass is 312 g/mol. The molecule has 1 heterocycles. The van der Waals surface area contributed by atoms with Gasteiger partial charge in [0.25, 0.3) is 0 Å². The summed E-state index contributed by atoms with van der Waals surface area (Å²) in [6.07, 6.45) is 3.56. The van der Waals surface area contributed by atoms with E-state index >= 15 is 0 Å². The molecule has 1 aromatic heterocycles. The summed E-state index contributed by atoms with van der Waals surface area (Å²) in [5, 5.41) is 13.7. The average molecular weight is 312 g/mol. The molecule has 8 nitrogen and oxygen atoms in total. The number of pyridine rings is 1. The summed E-state index contributed by atoms with van der Waals surface area (Å²) in [7, 11) is 0. The van der Waals surface area contributed by atoms with Crippen molar-refractivity contribution in [3.63, 3.8) is 0 Å². The zero-order valence-electron chi connectivity index (χ0n) is 11.3. The van der Waals surface area contributed by atoms with Crippen molar-refractivity contribution < 1.29 is 19.5 Å². The maximum absolute atomic E-state index is 12.1. The summed E-state index contributed by atoms with van der Waals surface area (Å²) in [6.45, 7) is 0. The summed E-state index contributed by atoms with van der Waals surface area (Å²) in [5.74, 6) is -1.000. The second-order valence-corrected chi connectivity index (χ2v) is 5.05. The molecule has 0 spiro atoms. The van der Waals surface area contributed by atoms with Gasteiger partial charge in [0.15, 0.2) is 0 Å². The third-order valence-corrected chi connectivity index (χ3v) is 3.13. The maximum Gasteiger partial charge on any atom is 0.354 e. The first-order valence-electron chi connectivity index (χ1n) is 5.99. The Morgan fingerprint density at radius 3 is 2.76 bits per heavy atom. The van der Waals surface area contributed by atoms with E-state index < -0.39 is 23.9 Å². The topological polar surface area (TPSA) is 134 Å². The van der Waals surface area contributed by atoms with Crippen LogP contribution in [0.25, 0.3) is 0 Å². The third kappa shape index (κ3) is 5.69. The maximum atomic E-state index is 12.1. The van der Waals surface area contributed by atoms with Gasteiger partial charge in [0.05, 0.1) is 0 Å². The molecule has 0 radical (unpaired) electrons. The van der Waals surface area contributed by atoms with Crippen LogP contribution in [-0.4, -0.2) is 46.0 Å². The van der Waals surface area contributed by atoms with Crippen LogP contribution in [0.1, 0.15) is 16.9 Å². The zero-order valence-corrected chi connectivity index (χ0v) is 12.1. The molecule has 21 heavy (non-hydrogen) atoms. The van der Waals surface area contributed by atoms with E-state index in [2.05, 4.69) is 15.6 Å². The Balaban J connectivity index is 2.77. The lowest BCUT2D eigenvalue weighted by atomic mass is 10.2. The summed E-state index contributed by atoms with van der Waals surface area (Å²) in [5.41, 5.74) is 5.14. The van der Waals surface area contributed by atoms with E-state index in [1.807, 2.05) is 6.26 Å². The summed E-state index contributed by atoms with van der Waals surface area (Å²) in [6, 6.07) is 1.12. The van der Waals surface area contributed by atoms with Crippen LogP contribution in [0.5, 0.6) is 0 Å². The van der Waals surface area contributed by atoms with E-state index in [1.54, 1.807) is 0 Å². The van der Waals surface area contributed by atoms with Crippen LogP contribution in [0.4, 0.5) is 10.5 Å². The van der Waals surface area contributed by atoms with E-state index in [0.29, 0.717) is 12.2 Å². The molecule has 9 heteroatoms. The van der Waals surface area contributed by atoms with Crippen molar-refractivity contribution in [1.82, 2.24) is 10.3 Å². The number of hydrogen-bond donors (Lipinski definition) is 4. The van der Waals surface area contributed by atoms with Crippen LogP contribution in [0.15, 0.2) is 18.3 Å². The van der Waals surface area contributed by atoms with Crippen LogP contribution in [0, 0.1) is 0 Å². The van der Waals surface area contributed by atoms with Crippen LogP contribution >= 0.6 is 11.8 Å². The smallest absolute Gasteiger partial charge is 0.354 e. The molecule has 114 valence electrons.